The van der Waals surface area contributed by atoms with Crippen molar-refractivity contribution in [2.75, 3.05) is 0 Å². The highest BCUT2D eigenvalue weighted by molar-refractivity contribution is 9.10. The van der Waals surface area contributed by atoms with Crippen molar-refractivity contribution in [2.24, 2.45) is 0 Å². The summed E-state index contributed by atoms with van der Waals surface area (Å²) in [7, 11) is 0. The molecule has 4 nitrogen and oxygen atoms in total. The molecular weight excluding hydrogens is 317 g/mol. The molecule has 0 aliphatic rings. The molecule has 2 N–H and O–H groups in total. The Morgan fingerprint density at radius 3 is 2.58 bits per heavy atom. The van der Waals surface area contributed by atoms with Crippen molar-refractivity contribution in [3.63, 3.8) is 0 Å². The summed E-state index contributed by atoms with van der Waals surface area (Å²) in [6.07, 6.45) is 1.37. The number of aliphatic carboxylic acids is 1. The van der Waals surface area contributed by atoms with E-state index in [2.05, 4.69) is 21.2 Å². The highest BCUT2D eigenvalue weighted by Gasteiger charge is 2.04. The number of nitrogens with one attached hydrogen (secondary N) is 1. The molecule has 0 aliphatic heterocycles. The lowest BCUT2D eigenvalue weighted by Gasteiger charge is -2.06. The summed E-state index contributed by atoms with van der Waals surface area (Å²) in [4.78, 5) is 21.7. The van der Waals surface area contributed by atoms with E-state index in [1.807, 2.05) is 0 Å². The molecule has 104 valence electrons. The number of carboxylic acid groups (broad SMARTS) is 1. The van der Waals surface area contributed by atoms with Gasteiger partial charge in [0, 0.05) is 19.4 Å². The molecular formula is C13H15BrFNO3. The largest absolute Gasteiger partial charge is 0.481 e. The first kappa shape index (κ1) is 15.6. The lowest BCUT2D eigenvalue weighted by molar-refractivity contribution is -0.137. The van der Waals surface area contributed by atoms with Crippen LogP contribution in [0.4, 0.5) is 4.39 Å². The summed E-state index contributed by atoms with van der Waals surface area (Å²) < 4.78 is 13.6. The van der Waals surface area contributed by atoms with E-state index in [1.54, 1.807) is 12.1 Å². The SMILES string of the molecule is O=C(O)CCCCC(=O)NCc1ccc(Br)c(F)c1. The first-order valence-corrected chi connectivity index (χ1v) is 6.71. The smallest absolute Gasteiger partial charge is 0.303 e. The van der Waals surface area contributed by atoms with Gasteiger partial charge < -0.3 is 10.4 Å². The van der Waals surface area contributed by atoms with Crippen LogP contribution in [0.1, 0.15) is 31.2 Å². The van der Waals surface area contributed by atoms with Gasteiger partial charge in [-0.2, -0.15) is 0 Å². The number of amides is 1. The van der Waals surface area contributed by atoms with E-state index in [4.69, 9.17) is 5.11 Å². The molecule has 1 amide bonds. The Balaban J connectivity index is 2.26. The van der Waals surface area contributed by atoms with Crippen LogP contribution >= 0.6 is 15.9 Å². The molecule has 0 aromatic heterocycles. The van der Waals surface area contributed by atoms with Crippen LogP contribution in [0.15, 0.2) is 22.7 Å². The molecule has 0 spiro atoms. The maximum atomic E-state index is 13.2. The fourth-order valence-electron chi connectivity index (χ4n) is 1.50. The highest BCUT2D eigenvalue weighted by Crippen LogP contribution is 2.16. The van der Waals surface area contributed by atoms with Crippen molar-refractivity contribution in [2.45, 2.75) is 32.2 Å². The van der Waals surface area contributed by atoms with E-state index in [9.17, 15) is 14.0 Å². The van der Waals surface area contributed by atoms with E-state index in [1.165, 1.54) is 6.07 Å². The van der Waals surface area contributed by atoms with Crippen LogP contribution in [-0.2, 0) is 16.1 Å². The van der Waals surface area contributed by atoms with Crippen LogP contribution in [0.3, 0.4) is 0 Å². The van der Waals surface area contributed by atoms with Gasteiger partial charge in [-0.25, -0.2) is 4.39 Å². The van der Waals surface area contributed by atoms with Crippen molar-refractivity contribution < 1.29 is 19.1 Å². The molecule has 1 aromatic carbocycles. The summed E-state index contributed by atoms with van der Waals surface area (Å²) in [6.45, 7) is 0.266. The maximum absolute atomic E-state index is 13.2. The Hall–Kier alpha value is -1.43. The summed E-state index contributed by atoms with van der Waals surface area (Å²) in [5, 5.41) is 11.1. The zero-order valence-electron chi connectivity index (χ0n) is 10.3. The number of unbranched alkanes of at least 4 members (excludes halogenated alkanes) is 1. The fraction of sp³-hybridized carbons (Fsp3) is 0.385. The van der Waals surface area contributed by atoms with Gasteiger partial charge in [0.2, 0.25) is 5.91 Å². The minimum atomic E-state index is -0.856. The molecule has 0 fully saturated rings. The number of carbonyl (C=O) groups is 2. The Morgan fingerprint density at radius 1 is 1.26 bits per heavy atom. The topological polar surface area (TPSA) is 66.4 Å². The summed E-state index contributed by atoms with van der Waals surface area (Å²) in [6, 6.07) is 4.66. The molecule has 0 heterocycles. The van der Waals surface area contributed by atoms with E-state index in [0.29, 0.717) is 22.9 Å². The van der Waals surface area contributed by atoms with E-state index in [-0.39, 0.29) is 31.1 Å². The second kappa shape index (κ2) is 7.89. The van der Waals surface area contributed by atoms with Gasteiger partial charge in [-0.05, 0) is 46.5 Å². The first-order valence-electron chi connectivity index (χ1n) is 5.91. The molecule has 0 saturated carbocycles. The molecule has 0 bridgehead atoms. The minimum Gasteiger partial charge on any atom is -0.481 e. The number of benzene rings is 1. The fourth-order valence-corrected chi connectivity index (χ4v) is 1.75. The molecule has 0 saturated heterocycles. The predicted molar refractivity (Wildman–Crippen MR) is 72.1 cm³/mol. The third-order valence-electron chi connectivity index (χ3n) is 2.52. The van der Waals surface area contributed by atoms with E-state index < -0.39 is 5.97 Å². The second-order valence-electron chi connectivity index (χ2n) is 4.13. The van der Waals surface area contributed by atoms with Crippen LogP contribution in [0.25, 0.3) is 0 Å². The summed E-state index contributed by atoms with van der Waals surface area (Å²) in [5.74, 6) is -1.38. The lowest BCUT2D eigenvalue weighted by atomic mass is 10.2. The van der Waals surface area contributed by atoms with E-state index >= 15 is 0 Å². The van der Waals surface area contributed by atoms with E-state index in [0.717, 1.165) is 0 Å². The zero-order chi connectivity index (χ0) is 14.3. The normalized spacial score (nSPS) is 10.2. The van der Waals surface area contributed by atoms with Gasteiger partial charge in [0.25, 0.3) is 0 Å². The molecule has 1 aromatic rings. The van der Waals surface area contributed by atoms with Crippen molar-refractivity contribution in [1.29, 1.82) is 0 Å². The first-order chi connectivity index (χ1) is 8.99. The molecule has 0 aliphatic carbocycles. The minimum absolute atomic E-state index is 0.0746. The average Bonchev–Trinajstić information content (AvgIpc) is 2.36. The molecule has 19 heavy (non-hydrogen) atoms. The van der Waals surface area contributed by atoms with Crippen LogP contribution < -0.4 is 5.32 Å². The van der Waals surface area contributed by atoms with Gasteiger partial charge in [-0.3, -0.25) is 9.59 Å². The van der Waals surface area contributed by atoms with Crippen molar-refractivity contribution in [3.05, 3.63) is 34.1 Å². The van der Waals surface area contributed by atoms with Crippen LogP contribution in [-0.4, -0.2) is 17.0 Å². The van der Waals surface area contributed by atoms with Gasteiger partial charge >= 0.3 is 5.97 Å². The number of carbonyl (C=O) groups excluding carboxylic acids is 1. The Morgan fingerprint density at radius 2 is 1.95 bits per heavy atom. The van der Waals surface area contributed by atoms with Crippen molar-refractivity contribution in [3.8, 4) is 0 Å². The number of carboxylic acids is 1. The second-order valence-corrected chi connectivity index (χ2v) is 4.98. The van der Waals surface area contributed by atoms with Crippen LogP contribution in [0.2, 0.25) is 0 Å². The standard InChI is InChI=1S/C13H15BrFNO3/c14-10-6-5-9(7-11(10)15)8-16-12(17)3-1-2-4-13(18)19/h5-7H,1-4,8H2,(H,16,17)(H,18,19). The lowest BCUT2D eigenvalue weighted by Crippen LogP contribution is -2.22. The van der Waals surface area contributed by atoms with Crippen molar-refractivity contribution in [1.82, 2.24) is 5.32 Å². The van der Waals surface area contributed by atoms with Crippen LogP contribution in [0.5, 0.6) is 0 Å². The Labute approximate surface area is 119 Å². The van der Waals surface area contributed by atoms with Crippen molar-refractivity contribution >= 4 is 27.8 Å². The van der Waals surface area contributed by atoms with Gasteiger partial charge in [0.1, 0.15) is 5.82 Å². The summed E-state index contributed by atoms with van der Waals surface area (Å²) >= 11 is 3.05. The Kier molecular flexibility index (Phi) is 6.49. The molecule has 1 rings (SSSR count). The van der Waals surface area contributed by atoms with Gasteiger partial charge in [-0.1, -0.05) is 6.07 Å². The quantitative estimate of drug-likeness (QED) is 0.755. The third kappa shape index (κ3) is 6.33. The van der Waals surface area contributed by atoms with Gasteiger partial charge in [0.15, 0.2) is 0 Å². The zero-order valence-corrected chi connectivity index (χ0v) is 11.9. The monoisotopic (exact) mass is 331 g/mol. The molecule has 6 heteroatoms. The molecule has 0 unspecified atom stereocenters. The number of hydrogen-bond donors (Lipinski definition) is 2. The average molecular weight is 332 g/mol. The molecule has 0 atom stereocenters. The maximum Gasteiger partial charge on any atom is 0.303 e. The Bertz CT molecular complexity index is 465. The number of rotatable bonds is 7. The third-order valence-corrected chi connectivity index (χ3v) is 3.16. The van der Waals surface area contributed by atoms with Crippen LogP contribution in [0, 0.1) is 5.82 Å². The highest BCUT2D eigenvalue weighted by atomic mass is 79.9. The number of hydrogen-bond acceptors (Lipinski definition) is 2. The van der Waals surface area contributed by atoms with Gasteiger partial charge in [-0.15, -0.1) is 0 Å². The molecule has 0 radical (unpaired) electrons. The number of halogens is 2. The van der Waals surface area contributed by atoms with Gasteiger partial charge in [0.05, 0.1) is 4.47 Å². The summed E-state index contributed by atoms with van der Waals surface area (Å²) in [5.41, 5.74) is 0.680. The predicted octanol–water partition coefficient (Wildman–Crippen LogP) is 2.85.